The number of nitrogens with one attached hydrogen (secondary N) is 1. The lowest BCUT2D eigenvalue weighted by atomic mass is 9.90. The molecule has 1 saturated carbocycles. The molecule has 0 radical (unpaired) electrons. The summed E-state index contributed by atoms with van der Waals surface area (Å²) in [5, 5.41) is 2.88. The molecule has 2 rings (SSSR count). The predicted molar refractivity (Wildman–Crippen MR) is 66.9 cm³/mol. The van der Waals surface area contributed by atoms with Crippen LogP contribution in [-0.2, 0) is 14.3 Å². The molecule has 5 heteroatoms. The van der Waals surface area contributed by atoms with Crippen LogP contribution in [0.15, 0.2) is 0 Å². The van der Waals surface area contributed by atoms with Gasteiger partial charge >= 0.3 is 0 Å². The highest BCUT2D eigenvalue weighted by atomic mass is 16.5. The molecule has 1 N–H and O–H groups in total. The zero-order chi connectivity index (χ0) is 13.3. The van der Waals surface area contributed by atoms with Crippen molar-refractivity contribution < 1.29 is 14.3 Å². The average Bonchev–Trinajstić information content (AvgIpc) is 3.15. The Morgan fingerprint density at radius 3 is 2.67 bits per heavy atom. The van der Waals surface area contributed by atoms with E-state index < -0.39 is 5.54 Å². The summed E-state index contributed by atoms with van der Waals surface area (Å²) in [6.07, 6.45) is 2.85. The summed E-state index contributed by atoms with van der Waals surface area (Å²) in [5.74, 6) is 0.295. The minimum Gasteiger partial charge on any atom is -0.383 e. The van der Waals surface area contributed by atoms with E-state index in [1.54, 1.807) is 12.0 Å². The molecule has 2 fully saturated rings. The number of ether oxygens (including phenoxy) is 1. The molecule has 2 amide bonds. The topological polar surface area (TPSA) is 58.6 Å². The van der Waals surface area contributed by atoms with Gasteiger partial charge in [0.15, 0.2) is 0 Å². The molecule has 2 aliphatic rings. The molecular weight excluding hydrogens is 232 g/mol. The van der Waals surface area contributed by atoms with Gasteiger partial charge in [-0.3, -0.25) is 9.59 Å². The van der Waals surface area contributed by atoms with E-state index in [4.69, 9.17) is 4.74 Å². The Morgan fingerprint density at radius 2 is 2.17 bits per heavy atom. The maximum atomic E-state index is 12.6. The van der Waals surface area contributed by atoms with E-state index in [1.807, 2.05) is 13.8 Å². The maximum Gasteiger partial charge on any atom is 0.249 e. The van der Waals surface area contributed by atoms with Gasteiger partial charge in [-0.25, -0.2) is 0 Å². The van der Waals surface area contributed by atoms with Crippen LogP contribution in [0.3, 0.4) is 0 Å². The van der Waals surface area contributed by atoms with Gasteiger partial charge in [-0.15, -0.1) is 0 Å². The van der Waals surface area contributed by atoms with Gasteiger partial charge in [0.2, 0.25) is 11.8 Å². The molecule has 18 heavy (non-hydrogen) atoms. The minimum absolute atomic E-state index is 0.00775. The molecule has 2 atom stereocenters. The van der Waals surface area contributed by atoms with Crippen LogP contribution in [0.2, 0.25) is 0 Å². The van der Waals surface area contributed by atoms with E-state index in [0.717, 1.165) is 19.3 Å². The predicted octanol–water partition coefficient (Wildman–Crippen LogP) is 0.538. The molecule has 1 saturated heterocycles. The third-order valence-electron chi connectivity index (χ3n) is 4.08. The van der Waals surface area contributed by atoms with Gasteiger partial charge < -0.3 is 15.0 Å². The molecule has 5 nitrogen and oxygen atoms in total. The van der Waals surface area contributed by atoms with Crippen LogP contribution in [0.25, 0.3) is 0 Å². The highest BCUT2D eigenvalue weighted by Gasteiger charge is 2.53. The van der Waals surface area contributed by atoms with E-state index in [-0.39, 0.29) is 24.4 Å². The number of hydrogen-bond acceptors (Lipinski definition) is 3. The summed E-state index contributed by atoms with van der Waals surface area (Å²) in [7, 11) is 1.62. The molecule has 0 spiro atoms. The second-order valence-electron chi connectivity index (χ2n) is 5.48. The number of rotatable bonds is 5. The Hall–Kier alpha value is -1.10. The zero-order valence-electron chi connectivity index (χ0n) is 11.4. The SMILES string of the molecule is CCC(COC)N1CC(=O)NC(C)(C2CC2)C1=O. The van der Waals surface area contributed by atoms with Crippen molar-refractivity contribution >= 4 is 11.8 Å². The highest BCUT2D eigenvalue weighted by molar-refractivity contribution is 5.98. The molecule has 0 aromatic rings. The summed E-state index contributed by atoms with van der Waals surface area (Å²) in [4.78, 5) is 26.1. The van der Waals surface area contributed by atoms with Crippen molar-refractivity contribution in [2.24, 2.45) is 5.92 Å². The molecular formula is C13H22N2O3. The second-order valence-corrected chi connectivity index (χ2v) is 5.48. The van der Waals surface area contributed by atoms with Gasteiger partial charge in [-0.05, 0) is 32.1 Å². The van der Waals surface area contributed by atoms with Crippen LogP contribution in [0, 0.1) is 5.92 Å². The smallest absolute Gasteiger partial charge is 0.249 e. The summed E-state index contributed by atoms with van der Waals surface area (Å²) >= 11 is 0. The summed E-state index contributed by atoms with van der Waals surface area (Å²) in [6, 6.07) is -0.00775. The molecule has 1 aliphatic carbocycles. The summed E-state index contributed by atoms with van der Waals surface area (Å²) in [6.45, 7) is 4.51. The van der Waals surface area contributed by atoms with Gasteiger partial charge in [0.25, 0.3) is 0 Å². The Bertz CT molecular complexity index is 354. The molecule has 0 aromatic carbocycles. The van der Waals surface area contributed by atoms with Gasteiger partial charge in [0, 0.05) is 7.11 Å². The third-order valence-corrected chi connectivity index (χ3v) is 4.08. The molecule has 1 heterocycles. The Balaban J connectivity index is 2.19. The van der Waals surface area contributed by atoms with E-state index in [9.17, 15) is 9.59 Å². The fourth-order valence-electron chi connectivity index (χ4n) is 2.76. The van der Waals surface area contributed by atoms with Crippen LogP contribution in [0.4, 0.5) is 0 Å². The molecule has 2 unspecified atom stereocenters. The van der Waals surface area contributed by atoms with E-state index in [0.29, 0.717) is 12.5 Å². The van der Waals surface area contributed by atoms with Gasteiger partial charge in [-0.2, -0.15) is 0 Å². The summed E-state index contributed by atoms with van der Waals surface area (Å²) in [5.41, 5.74) is -0.698. The van der Waals surface area contributed by atoms with Crippen molar-refractivity contribution in [1.29, 1.82) is 0 Å². The standard InChI is InChI=1S/C13H22N2O3/c1-4-10(8-18-3)15-7-11(16)14-13(2,12(15)17)9-5-6-9/h9-10H,4-8H2,1-3H3,(H,14,16). The van der Waals surface area contributed by atoms with Crippen molar-refractivity contribution in [3.8, 4) is 0 Å². The Kier molecular flexibility index (Phi) is 3.61. The maximum absolute atomic E-state index is 12.6. The quantitative estimate of drug-likeness (QED) is 0.779. The van der Waals surface area contributed by atoms with Crippen molar-refractivity contribution in [2.75, 3.05) is 20.3 Å². The number of hydrogen-bond donors (Lipinski definition) is 1. The lowest BCUT2D eigenvalue weighted by Crippen LogP contribution is -2.68. The largest absolute Gasteiger partial charge is 0.383 e. The Morgan fingerprint density at radius 1 is 1.50 bits per heavy atom. The van der Waals surface area contributed by atoms with Crippen molar-refractivity contribution in [3.05, 3.63) is 0 Å². The number of amides is 2. The second kappa shape index (κ2) is 4.88. The number of carbonyl (C=O) groups is 2. The van der Waals surface area contributed by atoms with Crippen LogP contribution >= 0.6 is 0 Å². The number of carbonyl (C=O) groups excluding carboxylic acids is 2. The lowest BCUT2D eigenvalue weighted by molar-refractivity contribution is -0.153. The van der Waals surface area contributed by atoms with Crippen LogP contribution in [-0.4, -0.2) is 48.6 Å². The fraction of sp³-hybridized carbons (Fsp3) is 0.846. The number of piperazine rings is 1. The first kappa shape index (κ1) is 13.3. The monoisotopic (exact) mass is 254 g/mol. The van der Waals surface area contributed by atoms with Crippen LogP contribution < -0.4 is 5.32 Å². The highest BCUT2D eigenvalue weighted by Crippen LogP contribution is 2.41. The lowest BCUT2D eigenvalue weighted by Gasteiger charge is -2.43. The van der Waals surface area contributed by atoms with Gasteiger partial charge in [0.05, 0.1) is 12.6 Å². The van der Waals surface area contributed by atoms with E-state index in [1.165, 1.54) is 0 Å². The van der Waals surface area contributed by atoms with E-state index >= 15 is 0 Å². The van der Waals surface area contributed by atoms with Crippen molar-refractivity contribution in [1.82, 2.24) is 10.2 Å². The molecule has 1 aliphatic heterocycles. The van der Waals surface area contributed by atoms with Gasteiger partial charge in [-0.1, -0.05) is 6.92 Å². The summed E-state index contributed by atoms with van der Waals surface area (Å²) < 4.78 is 5.15. The first-order chi connectivity index (χ1) is 8.52. The molecule has 102 valence electrons. The fourth-order valence-corrected chi connectivity index (χ4v) is 2.76. The van der Waals surface area contributed by atoms with Crippen LogP contribution in [0.1, 0.15) is 33.1 Å². The normalized spacial score (nSPS) is 30.3. The number of methoxy groups -OCH3 is 1. The van der Waals surface area contributed by atoms with Crippen molar-refractivity contribution in [3.63, 3.8) is 0 Å². The zero-order valence-corrected chi connectivity index (χ0v) is 11.4. The first-order valence-corrected chi connectivity index (χ1v) is 6.64. The average molecular weight is 254 g/mol. The minimum atomic E-state index is -0.698. The van der Waals surface area contributed by atoms with Crippen molar-refractivity contribution in [2.45, 2.75) is 44.7 Å². The number of nitrogens with zero attached hydrogens (tertiary/aromatic N) is 1. The first-order valence-electron chi connectivity index (χ1n) is 6.64. The third kappa shape index (κ3) is 2.23. The molecule has 0 aromatic heterocycles. The van der Waals surface area contributed by atoms with Gasteiger partial charge in [0.1, 0.15) is 12.1 Å². The Labute approximate surface area is 108 Å². The van der Waals surface area contributed by atoms with E-state index in [2.05, 4.69) is 5.32 Å². The van der Waals surface area contributed by atoms with Crippen LogP contribution in [0.5, 0.6) is 0 Å². The molecule has 0 bridgehead atoms.